The van der Waals surface area contributed by atoms with E-state index in [-0.39, 0.29) is 5.69 Å². The topological polar surface area (TPSA) is 81.0 Å². The molecule has 0 atom stereocenters. The number of aromatic nitrogens is 2. The van der Waals surface area contributed by atoms with Crippen molar-refractivity contribution >= 4 is 5.97 Å². The van der Waals surface area contributed by atoms with Crippen molar-refractivity contribution in [2.75, 3.05) is 0 Å². The highest BCUT2D eigenvalue weighted by atomic mass is 16.6. The molecule has 0 saturated carbocycles. The molecule has 0 unspecified atom stereocenters. The number of nitrogens with one attached hydrogen (secondary N) is 1. The van der Waals surface area contributed by atoms with Gasteiger partial charge in [-0.1, -0.05) is 0 Å². The van der Waals surface area contributed by atoms with Gasteiger partial charge in [0.05, 0.1) is 11.2 Å². The number of ether oxygens (including phenoxy) is 1. The predicted octanol–water partition coefficient (Wildman–Crippen LogP) is 1.56. The quantitative estimate of drug-likeness (QED) is 0.748. The minimum Gasteiger partial charge on any atom is -0.455 e. The Hall–Kier alpha value is -1.36. The number of carbonyl (C=O) groups is 1. The van der Waals surface area contributed by atoms with E-state index in [4.69, 9.17) is 10.5 Å². The molecule has 0 saturated heterocycles. The fourth-order valence-corrected chi connectivity index (χ4v) is 1.09. The van der Waals surface area contributed by atoms with Crippen molar-refractivity contribution in [1.29, 1.82) is 0 Å². The van der Waals surface area contributed by atoms with E-state index in [0.29, 0.717) is 5.69 Å². The zero-order valence-corrected chi connectivity index (χ0v) is 10.4. The first kappa shape index (κ1) is 12.7. The summed E-state index contributed by atoms with van der Waals surface area (Å²) in [6, 6.07) is 1.62. The molecule has 0 spiro atoms. The highest BCUT2D eigenvalue weighted by Gasteiger charge is 2.23. The molecule has 0 amide bonds. The Balaban J connectivity index is 2.83. The summed E-state index contributed by atoms with van der Waals surface area (Å²) >= 11 is 0. The number of hydrogen-bond donors (Lipinski definition) is 2. The number of hydrogen-bond acceptors (Lipinski definition) is 4. The second-order valence-electron chi connectivity index (χ2n) is 5.39. The molecule has 5 heteroatoms. The summed E-state index contributed by atoms with van der Waals surface area (Å²) < 4.78 is 5.19. The van der Waals surface area contributed by atoms with Crippen molar-refractivity contribution in [3.05, 3.63) is 17.5 Å². The average molecular weight is 225 g/mol. The van der Waals surface area contributed by atoms with Crippen LogP contribution in [0.25, 0.3) is 0 Å². The van der Waals surface area contributed by atoms with Crippen LogP contribution >= 0.6 is 0 Å². The molecule has 0 fully saturated rings. The van der Waals surface area contributed by atoms with Crippen LogP contribution < -0.4 is 5.73 Å². The Bertz CT molecular complexity index is 383. The molecule has 1 heterocycles. The lowest BCUT2D eigenvalue weighted by molar-refractivity contribution is 0.00628. The van der Waals surface area contributed by atoms with Gasteiger partial charge in [0.2, 0.25) is 0 Å². The smallest absolute Gasteiger partial charge is 0.359 e. The van der Waals surface area contributed by atoms with Crippen LogP contribution in [0.2, 0.25) is 0 Å². The van der Waals surface area contributed by atoms with Crippen molar-refractivity contribution in [3.8, 4) is 0 Å². The Morgan fingerprint density at radius 1 is 1.38 bits per heavy atom. The highest BCUT2D eigenvalue weighted by Crippen LogP contribution is 2.16. The van der Waals surface area contributed by atoms with Crippen molar-refractivity contribution in [2.45, 2.75) is 45.8 Å². The van der Waals surface area contributed by atoms with Crippen molar-refractivity contribution < 1.29 is 9.53 Å². The molecule has 0 aliphatic rings. The number of H-pyrrole nitrogens is 1. The summed E-state index contributed by atoms with van der Waals surface area (Å²) in [5.41, 5.74) is 5.76. The molecule has 90 valence electrons. The molecule has 0 bridgehead atoms. The van der Waals surface area contributed by atoms with E-state index in [9.17, 15) is 4.79 Å². The predicted molar refractivity (Wildman–Crippen MR) is 61.0 cm³/mol. The molecule has 0 aromatic carbocycles. The maximum atomic E-state index is 11.7. The maximum Gasteiger partial charge on any atom is 0.359 e. The molecule has 16 heavy (non-hydrogen) atoms. The monoisotopic (exact) mass is 225 g/mol. The number of carbonyl (C=O) groups excluding carboxylic acids is 1. The van der Waals surface area contributed by atoms with E-state index in [2.05, 4.69) is 10.2 Å². The van der Waals surface area contributed by atoms with Gasteiger partial charge in [0, 0.05) is 0 Å². The molecule has 0 aliphatic heterocycles. The molecular weight excluding hydrogens is 206 g/mol. The van der Waals surface area contributed by atoms with Crippen molar-refractivity contribution in [1.82, 2.24) is 10.2 Å². The fraction of sp³-hybridized carbons (Fsp3) is 0.636. The molecule has 5 nitrogen and oxygen atoms in total. The van der Waals surface area contributed by atoms with E-state index in [1.807, 2.05) is 34.6 Å². The lowest BCUT2D eigenvalue weighted by Gasteiger charge is -2.18. The number of nitrogens with two attached hydrogens (primary N) is 1. The molecule has 1 aromatic heterocycles. The summed E-state index contributed by atoms with van der Waals surface area (Å²) in [6.45, 7) is 9.10. The van der Waals surface area contributed by atoms with Crippen molar-refractivity contribution in [3.63, 3.8) is 0 Å². The van der Waals surface area contributed by atoms with Gasteiger partial charge in [-0.25, -0.2) is 4.79 Å². The first-order chi connectivity index (χ1) is 7.09. The third-order valence-corrected chi connectivity index (χ3v) is 1.88. The zero-order valence-electron chi connectivity index (χ0n) is 10.4. The van der Waals surface area contributed by atoms with E-state index >= 15 is 0 Å². The molecule has 0 aliphatic carbocycles. The first-order valence-corrected chi connectivity index (χ1v) is 5.18. The Kier molecular flexibility index (Phi) is 3.10. The number of aromatic amines is 1. The largest absolute Gasteiger partial charge is 0.455 e. The third kappa shape index (κ3) is 3.34. The Labute approximate surface area is 95.4 Å². The SMILES string of the molecule is CC(C)(C)OC(=O)c1cc(C(C)(C)N)[nH]n1. The second-order valence-corrected chi connectivity index (χ2v) is 5.39. The number of rotatable bonds is 2. The van der Waals surface area contributed by atoms with Crippen LogP contribution in [0.1, 0.15) is 50.8 Å². The summed E-state index contributed by atoms with van der Waals surface area (Å²) in [7, 11) is 0. The van der Waals surface area contributed by atoms with Gasteiger partial charge in [-0.15, -0.1) is 0 Å². The molecule has 1 rings (SSSR count). The van der Waals surface area contributed by atoms with Crippen LogP contribution in [-0.2, 0) is 10.3 Å². The lowest BCUT2D eigenvalue weighted by Crippen LogP contribution is -2.29. The van der Waals surface area contributed by atoms with Gasteiger partial charge in [-0.05, 0) is 40.7 Å². The van der Waals surface area contributed by atoms with E-state index in [0.717, 1.165) is 0 Å². The van der Waals surface area contributed by atoms with Gasteiger partial charge >= 0.3 is 5.97 Å². The van der Waals surface area contributed by atoms with Crippen LogP contribution in [-0.4, -0.2) is 21.8 Å². The van der Waals surface area contributed by atoms with Crippen molar-refractivity contribution in [2.24, 2.45) is 5.73 Å². The Morgan fingerprint density at radius 3 is 2.31 bits per heavy atom. The molecule has 1 aromatic rings. The molecule has 0 radical (unpaired) electrons. The maximum absolute atomic E-state index is 11.7. The Morgan fingerprint density at radius 2 is 1.94 bits per heavy atom. The van der Waals surface area contributed by atoms with Crippen LogP contribution in [0.4, 0.5) is 0 Å². The van der Waals surface area contributed by atoms with Crippen LogP contribution in [0.5, 0.6) is 0 Å². The minimum atomic E-state index is -0.548. The number of esters is 1. The van der Waals surface area contributed by atoms with Gasteiger partial charge < -0.3 is 10.5 Å². The summed E-state index contributed by atoms with van der Waals surface area (Å²) in [6.07, 6.45) is 0. The third-order valence-electron chi connectivity index (χ3n) is 1.88. The standard InChI is InChI=1S/C11H19N3O2/c1-10(2,3)16-9(15)7-6-8(14-13-7)11(4,5)12/h6H,12H2,1-5H3,(H,13,14). The van der Waals surface area contributed by atoms with E-state index in [1.54, 1.807) is 6.07 Å². The second kappa shape index (κ2) is 3.90. The van der Waals surface area contributed by atoms with Gasteiger partial charge in [-0.3, -0.25) is 5.10 Å². The van der Waals surface area contributed by atoms with Gasteiger partial charge in [0.25, 0.3) is 0 Å². The fourth-order valence-electron chi connectivity index (χ4n) is 1.09. The zero-order chi connectivity index (χ0) is 12.6. The van der Waals surface area contributed by atoms with Gasteiger partial charge in [-0.2, -0.15) is 5.10 Å². The van der Waals surface area contributed by atoms with Gasteiger partial charge in [0.15, 0.2) is 5.69 Å². The number of nitrogens with zero attached hydrogens (tertiary/aromatic N) is 1. The highest BCUT2D eigenvalue weighted by molar-refractivity contribution is 5.87. The summed E-state index contributed by atoms with van der Waals surface area (Å²) in [4.78, 5) is 11.7. The minimum absolute atomic E-state index is 0.253. The first-order valence-electron chi connectivity index (χ1n) is 5.18. The van der Waals surface area contributed by atoms with Crippen LogP contribution in [0.15, 0.2) is 6.07 Å². The lowest BCUT2D eigenvalue weighted by atomic mass is 10.0. The molecular formula is C11H19N3O2. The average Bonchev–Trinajstić information content (AvgIpc) is 2.46. The van der Waals surface area contributed by atoms with E-state index < -0.39 is 17.1 Å². The van der Waals surface area contributed by atoms with Crippen LogP contribution in [0, 0.1) is 0 Å². The molecule has 3 N–H and O–H groups in total. The normalized spacial score (nSPS) is 12.6. The summed E-state index contributed by atoms with van der Waals surface area (Å²) in [5.74, 6) is -0.445. The van der Waals surface area contributed by atoms with Gasteiger partial charge in [0.1, 0.15) is 5.60 Å². The summed E-state index contributed by atoms with van der Waals surface area (Å²) in [5, 5.41) is 6.62. The van der Waals surface area contributed by atoms with E-state index in [1.165, 1.54) is 0 Å². The van der Waals surface area contributed by atoms with Crippen LogP contribution in [0.3, 0.4) is 0 Å².